The molecule has 0 N–H and O–H groups in total. The molecule has 0 aromatic heterocycles. The van der Waals surface area contributed by atoms with Crippen LogP contribution in [0.3, 0.4) is 0 Å². The zero-order chi connectivity index (χ0) is 19.8. The molecule has 0 aliphatic carbocycles. The monoisotopic (exact) mass is 407 g/mol. The van der Waals surface area contributed by atoms with Crippen LogP contribution in [0.15, 0.2) is 35.8 Å². The van der Waals surface area contributed by atoms with Crippen molar-refractivity contribution in [2.75, 3.05) is 26.4 Å². The quantitative estimate of drug-likeness (QED) is 0.269. The SMILES string of the molecule is C=CCN1C(=O)C(=Cc2ccc(OCC(=O)OCC)c(OCC)c2)SC1=S. The summed E-state index contributed by atoms with van der Waals surface area (Å²) in [7, 11) is 0. The number of carbonyl (C=O) groups is 2. The maximum atomic E-state index is 12.4. The van der Waals surface area contributed by atoms with Gasteiger partial charge in [0.25, 0.3) is 5.91 Å². The number of esters is 1. The zero-order valence-electron chi connectivity index (χ0n) is 15.2. The minimum absolute atomic E-state index is 0.148. The van der Waals surface area contributed by atoms with Gasteiger partial charge in [-0.25, -0.2) is 4.79 Å². The smallest absolute Gasteiger partial charge is 0.344 e. The van der Waals surface area contributed by atoms with E-state index in [4.69, 9.17) is 26.4 Å². The molecule has 0 unspecified atom stereocenters. The highest BCUT2D eigenvalue weighted by Gasteiger charge is 2.31. The standard InChI is InChI=1S/C19H21NO5S2/c1-4-9-20-18(22)16(27-19(20)26)11-13-7-8-14(15(10-13)23-5-2)25-12-17(21)24-6-3/h4,7-8,10-11H,1,5-6,9,12H2,2-3H3. The molecule has 1 fully saturated rings. The van der Waals surface area contributed by atoms with Crippen molar-refractivity contribution in [3.8, 4) is 11.5 Å². The average molecular weight is 408 g/mol. The molecular formula is C19H21NO5S2. The zero-order valence-corrected chi connectivity index (χ0v) is 16.9. The maximum Gasteiger partial charge on any atom is 0.344 e. The lowest BCUT2D eigenvalue weighted by Gasteiger charge is -2.12. The highest BCUT2D eigenvalue weighted by molar-refractivity contribution is 8.26. The van der Waals surface area contributed by atoms with Crippen LogP contribution in [0.5, 0.6) is 11.5 Å². The fourth-order valence-electron chi connectivity index (χ4n) is 2.28. The van der Waals surface area contributed by atoms with Crippen molar-refractivity contribution >= 4 is 46.3 Å². The number of benzene rings is 1. The van der Waals surface area contributed by atoms with Crippen LogP contribution in [0.2, 0.25) is 0 Å². The molecular weight excluding hydrogens is 386 g/mol. The molecule has 1 heterocycles. The molecule has 1 amide bonds. The van der Waals surface area contributed by atoms with Gasteiger partial charge >= 0.3 is 5.97 Å². The fourth-order valence-corrected chi connectivity index (χ4v) is 3.55. The van der Waals surface area contributed by atoms with Crippen molar-refractivity contribution in [2.45, 2.75) is 13.8 Å². The third-order valence-corrected chi connectivity index (χ3v) is 4.78. The summed E-state index contributed by atoms with van der Waals surface area (Å²) < 4.78 is 16.4. The normalized spacial score (nSPS) is 15.2. The predicted octanol–water partition coefficient (Wildman–Crippen LogP) is 3.41. The first-order valence-electron chi connectivity index (χ1n) is 8.41. The molecule has 1 aliphatic rings. The Morgan fingerprint density at radius 1 is 1.26 bits per heavy atom. The Kier molecular flexibility index (Phi) is 7.87. The number of carbonyl (C=O) groups excluding carboxylic acids is 2. The molecule has 144 valence electrons. The van der Waals surface area contributed by atoms with Gasteiger partial charge in [-0.05, 0) is 37.6 Å². The second-order valence-corrected chi connectivity index (χ2v) is 6.99. The van der Waals surface area contributed by atoms with Crippen LogP contribution in [0.4, 0.5) is 0 Å². The Morgan fingerprint density at radius 2 is 2.04 bits per heavy atom. The predicted molar refractivity (Wildman–Crippen MR) is 110 cm³/mol. The van der Waals surface area contributed by atoms with E-state index in [0.29, 0.717) is 40.5 Å². The van der Waals surface area contributed by atoms with Gasteiger partial charge in [-0.3, -0.25) is 9.69 Å². The highest BCUT2D eigenvalue weighted by Crippen LogP contribution is 2.34. The van der Waals surface area contributed by atoms with E-state index in [0.717, 1.165) is 5.56 Å². The highest BCUT2D eigenvalue weighted by atomic mass is 32.2. The minimum Gasteiger partial charge on any atom is -0.490 e. The summed E-state index contributed by atoms with van der Waals surface area (Å²) in [5.41, 5.74) is 0.765. The van der Waals surface area contributed by atoms with Crippen LogP contribution in [0.1, 0.15) is 19.4 Å². The minimum atomic E-state index is -0.449. The van der Waals surface area contributed by atoms with E-state index in [1.807, 2.05) is 6.92 Å². The number of thiocarbonyl (C=S) groups is 1. The Morgan fingerprint density at radius 3 is 2.70 bits per heavy atom. The van der Waals surface area contributed by atoms with Crippen molar-refractivity contribution < 1.29 is 23.8 Å². The molecule has 8 heteroatoms. The molecule has 0 bridgehead atoms. The van der Waals surface area contributed by atoms with E-state index < -0.39 is 5.97 Å². The molecule has 1 saturated heterocycles. The van der Waals surface area contributed by atoms with E-state index in [2.05, 4.69) is 6.58 Å². The molecule has 27 heavy (non-hydrogen) atoms. The van der Waals surface area contributed by atoms with E-state index >= 15 is 0 Å². The Bertz CT molecular complexity index is 775. The van der Waals surface area contributed by atoms with E-state index in [1.54, 1.807) is 37.3 Å². The van der Waals surface area contributed by atoms with Gasteiger partial charge in [0.1, 0.15) is 4.32 Å². The van der Waals surface area contributed by atoms with E-state index in [1.165, 1.54) is 16.7 Å². The summed E-state index contributed by atoms with van der Waals surface area (Å²) >= 11 is 6.48. The van der Waals surface area contributed by atoms with Crippen LogP contribution in [0.25, 0.3) is 6.08 Å². The number of rotatable bonds is 9. The molecule has 0 radical (unpaired) electrons. The van der Waals surface area contributed by atoms with Gasteiger partial charge in [0.2, 0.25) is 0 Å². The second kappa shape index (κ2) is 10.1. The van der Waals surface area contributed by atoms with Crippen molar-refractivity contribution in [1.29, 1.82) is 0 Å². The number of thioether (sulfide) groups is 1. The Labute approximate surface area is 168 Å². The molecule has 2 rings (SSSR count). The number of hydrogen-bond acceptors (Lipinski definition) is 7. The molecule has 0 spiro atoms. The average Bonchev–Trinajstić information content (AvgIpc) is 2.89. The van der Waals surface area contributed by atoms with Crippen LogP contribution >= 0.6 is 24.0 Å². The summed E-state index contributed by atoms with van der Waals surface area (Å²) in [6.45, 7) is 8.13. The van der Waals surface area contributed by atoms with Crippen LogP contribution < -0.4 is 9.47 Å². The number of nitrogens with zero attached hydrogens (tertiary/aromatic N) is 1. The van der Waals surface area contributed by atoms with Crippen LogP contribution in [0, 0.1) is 0 Å². The van der Waals surface area contributed by atoms with Gasteiger partial charge in [0.15, 0.2) is 18.1 Å². The summed E-state index contributed by atoms with van der Waals surface area (Å²) in [5.74, 6) is 0.318. The molecule has 1 aliphatic heterocycles. The first kappa shape index (κ1) is 21.0. The third-order valence-electron chi connectivity index (χ3n) is 3.40. The lowest BCUT2D eigenvalue weighted by atomic mass is 10.2. The molecule has 0 atom stereocenters. The molecule has 1 aromatic carbocycles. The van der Waals surface area contributed by atoms with Crippen molar-refractivity contribution in [1.82, 2.24) is 4.90 Å². The van der Waals surface area contributed by atoms with Crippen molar-refractivity contribution in [2.24, 2.45) is 0 Å². The summed E-state index contributed by atoms with van der Waals surface area (Å²) in [5, 5.41) is 0. The van der Waals surface area contributed by atoms with Crippen LogP contribution in [-0.4, -0.2) is 47.5 Å². The van der Waals surface area contributed by atoms with E-state index in [9.17, 15) is 9.59 Å². The maximum absolute atomic E-state index is 12.4. The molecule has 6 nitrogen and oxygen atoms in total. The van der Waals surface area contributed by atoms with Gasteiger partial charge in [0.05, 0.1) is 18.1 Å². The molecule has 1 aromatic rings. The fraction of sp³-hybridized carbons (Fsp3) is 0.316. The topological polar surface area (TPSA) is 65.1 Å². The summed E-state index contributed by atoms with van der Waals surface area (Å²) in [4.78, 5) is 25.9. The first-order chi connectivity index (χ1) is 13.0. The summed E-state index contributed by atoms with van der Waals surface area (Å²) in [6.07, 6.45) is 3.39. The van der Waals surface area contributed by atoms with Gasteiger partial charge in [-0.1, -0.05) is 36.1 Å². The van der Waals surface area contributed by atoms with E-state index in [-0.39, 0.29) is 12.5 Å². The molecule has 0 saturated carbocycles. The Hall–Kier alpha value is -2.32. The Balaban J connectivity index is 2.20. The lowest BCUT2D eigenvalue weighted by molar-refractivity contribution is -0.145. The first-order valence-corrected chi connectivity index (χ1v) is 9.64. The summed E-state index contributed by atoms with van der Waals surface area (Å²) in [6, 6.07) is 5.23. The largest absolute Gasteiger partial charge is 0.490 e. The van der Waals surface area contributed by atoms with Crippen LogP contribution in [-0.2, 0) is 14.3 Å². The van der Waals surface area contributed by atoms with Gasteiger partial charge in [0, 0.05) is 6.54 Å². The van der Waals surface area contributed by atoms with Gasteiger partial charge < -0.3 is 14.2 Å². The van der Waals surface area contributed by atoms with Gasteiger partial charge in [-0.2, -0.15) is 0 Å². The third kappa shape index (κ3) is 5.58. The number of ether oxygens (including phenoxy) is 3. The van der Waals surface area contributed by atoms with Crippen molar-refractivity contribution in [3.63, 3.8) is 0 Å². The lowest BCUT2D eigenvalue weighted by Crippen LogP contribution is -2.27. The number of hydrogen-bond donors (Lipinski definition) is 0. The second-order valence-electron chi connectivity index (χ2n) is 5.31. The number of amides is 1. The van der Waals surface area contributed by atoms with Gasteiger partial charge in [-0.15, -0.1) is 6.58 Å². The van der Waals surface area contributed by atoms with Crippen molar-refractivity contribution in [3.05, 3.63) is 41.3 Å².